The largest absolute Gasteiger partial charge is 0.480 e. The summed E-state index contributed by atoms with van der Waals surface area (Å²) in [6.45, 7) is 2.33. The third-order valence-electron chi connectivity index (χ3n) is 5.01. The van der Waals surface area contributed by atoms with Gasteiger partial charge in [-0.15, -0.1) is 0 Å². The van der Waals surface area contributed by atoms with E-state index >= 15 is 0 Å². The zero-order valence-electron chi connectivity index (χ0n) is 14.6. The Morgan fingerprint density at radius 1 is 1.22 bits per heavy atom. The smallest absolute Gasteiger partial charge is 0.416 e. The fourth-order valence-electron chi connectivity index (χ4n) is 3.71. The van der Waals surface area contributed by atoms with Crippen LogP contribution < -0.4 is 0 Å². The average molecular weight is 398 g/mol. The summed E-state index contributed by atoms with van der Waals surface area (Å²) < 4.78 is 39.8. The second kappa shape index (κ2) is 7.52. The van der Waals surface area contributed by atoms with E-state index in [1.54, 1.807) is 11.0 Å². The molecule has 1 aliphatic heterocycles. The van der Waals surface area contributed by atoms with E-state index < -0.39 is 29.8 Å². The third kappa shape index (κ3) is 3.96. The Morgan fingerprint density at radius 3 is 2.56 bits per heavy atom. The Labute approximate surface area is 160 Å². The first-order valence-electron chi connectivity index (χ1n) is 8.61. The van der Waals surface area contributed by atoms with Gasteiger partial charge in [-0.25, -0.2) is 0 Å². The number of aliphatic carboxylic acids is 1. The number of hydrogen-bond acceptors (Lipinski definition) is 2. The van der Waals surface area contributed by atoms with Crippen molar-refractivity contribution in [2.24, 2.45) is 0 Å². The highest BCUT2D eigenvalue weighted by atomic mass is 35.5. The number of aryl methyl sites for hydroxylation is 1. The second-order valence-electron chi connectivity index (χ2n) is 6.73. The molecule has 1 aliphatic rings. The monoisotopic (exact) mass is 397 g/mol. The van der Waals surface area contributed by atoms with Gasteiger partial charge in [0.25, 0.3) is 0 Å². The molecule has 2 atom stereocenters. The first kappa shape index (κ1) is 19.7. The zero-order valence-corrected chi connectivity index (χ0v) is 15.4. The van der Waals surface area contributed by atoms with E-state index in [-0.39, 0.29) is 10.6 Å². The van der Waals surface area contributed by atoms with Gasteiger partial charge in [0.15, 0.2) is 0 Å². The molecule has 0 radical (unpaired) electrons. The van der Waals surface area contributed by atoms with Crippen molar-refractivity contribution in [1.82, 2.24) is 4.90 Å². The quantitative estimate of drug-likeness (QED) is 0.760. The van der Waals surface area contributed by atoms with E-state index in [0.717, 1.165) is 23.3 Å². The lowest BCUT2D eigenvalue weighted by Gasteiger charge is -2.33. The molecule has 0 bridgehead atoms. The van der Waals surface area contributed by atoms with Crippen molar-refractivity contribution in [3.05, 3.63) is 69.7 Å². The van der Waals surface area contributed by atoms with Crippen molar-refractivity contribution in [1.29, 1.82) is 0 Å². The number of benzene rings is 2. The van der Waals surface area contributed by atoms with Crippen molar-refractivity contribution < 1.29 is 23.1 Å². The summed E-state index contributed by atoms with van der Waals surface area (Å²) in [5.74, 6) is -0.978. The summed E-state index contributed by atoms with van der Waals surface area (Å²) in [5, 5.41) is 9.78. The van der Waals surface area contributed by atoms with Gasteiger partial charge in [0.1, 0.15) is 6.04 Å². The average Bonchev–Trinajstić information content (AvgIpc) is 3.07. The van der Waals surface area contributed by atoms with Crippen LogP contribution in [0.1, 0.15) is 41.1 Å². The molecule has 0 spiro atoms. The Kier molecular flexibility index (Phi) is 5.49. The molecule has 0 amide bonds. The summed E-state index contributed by atoms with van der Waals surface area (Å²) in [6, 6.07) is 9.09. The van der Waals surface area contributed by atoms with Crippen LogP contribution in [-0.2, 0) is 11.0 Å². The first-order chi connectivity index (χ1) is 12.7. The van der Waals surface area contributed by atoms with E-state index in [0.29, 0.717) is 19.4 Å². The summed E-state index contributed by atoms with van der Waals surface area (Å²) in [6.07, 6.45) is -3.39. The van der Waals surface area contributed by atoms with Crippen molar-refractivity contribution >= 4 is 17.6 Å². The third-order valence-corrected chi connectivity index (χ3v) is 5.36. The standard InChI is InChI=1S/C20H19ClF3NO2/c1-12-5-2-3-6-14(12)18(25-10-4-7-17(25)19(26)27)15-11-13(20(22,23)24)8-9-16(15)21/h2-3,5-6,8-9,11,17-18H,4,7,10H2,1H3,(H,26,27). The highest BCUT2D eigenvalue weighted by molar-refractivity contribution is 6.31. The molecule has 3 nitrogen and oxygen atoms in total. The van der Waals surface area contributed by atoms with Gasteiger partial charge in [0.05, 0.1) is 11.6 Å². The molecule has 144 valence electrons. The van der Waals surface area contributed by atoms with Crippen LogP contribution in [0.15, 0.2) is 42.5 Å². The molecule has 7 heteroatoms. The number of carboxylic acid groups (broad SMARTS) is 1. The topological polar surface area (TPSA) is 40.5 Å². The fourth-order valence-corrected chi connectivity index (χ4v) is 3.93. The van der Waals surface area contributed by atoms with Crippen LogP contribution in [0, 0.1) is 6.92 Å². The Morgan fingerprint density at radius 2 is 1.93 bits per heavy atom. The molecule has 0 aromatic heterocycles. The number of hydrogen-bond donors (Lipinski definition) is 1. The van der Waals surface area contributed by atoms with Gasteiger partial charge in [-0.05, 0) is 54.7 Å². The van der Waals surface area contributed by atoms with Crippen molar-refractivity contribution in [2.75, 3.05) is 6.54 Å². The number of nitrogens with zero attached hydrogens (tertiary/aromatic N) is 1. The van der Waals surface area contributed by atoms with Crippen LogP contribution in [0.2, 0.25) is 5.02 Å². The van der Waals surface area contributed by atoms with E-state index in [9.17, 15) is 23.1 Å². The van der Waals surface area contributed by atoms with Crippen LogP contribution in [0.25, 0.3) is 0 Å². The first-order valence-corrected chi connectivity index (χ1v) is 8.98. The lowest BCUT2D eigenvalue weighted by Crippen LogP contribution is -2.39. The van der Waals surface area contributed by atoms with E-state index in [2.05, 4.69) is 0 Å². The molecule has 1 saturated heterocycles. The number of rotatable bonds is 4. The predicted octanol–water partition coefficient (Wildman–Crippen LogP) is 5.31. The number of halogens is 4. The summed E-state index contributed by atoms with van der Waals surface area (Å²) in [5.41, 5.74) is 1.10. The zero-order chi connectivity index (χ0) is 19.8. The minimum Gasteiger partial charge on any atom is -0.480 e. The second-order valence-corrected chi connectivity index (χ2v) is 7.13. The minimum absolute atomic E-state index is 0.187. The molecule has 0 saturated carbocycles. The van der Waals surface area contributed by atoms with Crippen molar-refractivity contribution in [3.63, 3.8) is 0 Å². The van der Waals surface area contributed by atoms with Gasteiger partial charge < -0.3 is 5.11 Å². The van der Waals surface area contributed by atoms with Crippen LogP contribution in [-0.4, -0.2) is 28.6 Å². The van der Waals surface area contributed by atoms with Gasteiger partial charge in [-0.1, -0.05) is 35.9 Å². The van der Waals surface area contributed by atoms with Gasteiger partial charge >= 0.3 is 12.1 Å². The molecule has 2 aromatic rings. The molecular formula is C20H19ClF3NO2. The highest BCUT2D eigenvalue weighted by Gasteiger charge is 2.39. The summed E-state index contributed by atoms with van der Waals surface area (Å²) in [4.78, 5) is 13.5. The molecule has 1 heterocycles. The maximum Gasteiger partial charge on any atom is 0.416 e. The van der Waals surface area contributed by atoms with E-state index in [1.807, 2.05) is 25.1 Å². The minimum atomic E-state index is -4.51. The maximum atomic E-state index is 13.3. The lowest BCUT2D eigenvalue weighted by molar-refractivity contribution is -0.143. The van der Waals surface area contributed by atoms with Crippen molar-refractivity contribution in [3.8, 4) is 0 Å². The highest BCUT2D eigenvalue weighted by Crippen LogP contribution is 2.41. The van der Waals surface area contributed by atoms with Crippen LogP contribution in [0.5, 0.6) is 0 Å². The molecule has 27 heavy (non-hydrogen) atoms. The SMILES string of the molecule is Cc1ccccc1C(c1cc(C(F)(F)F)ccc1Cl)N1CCCC1C(=O)O. The van der Waals surface area contributed by atoms with Crippen LogP contribution in [0.3, 0.4) is 0 Å². The number of likely N-dealkylation sites (tertiary alicyclic amines) is 1. The Hall–Kier alpha value is -2.05. The number of alkyl halides is 3. The molecule has 0 aliphatic carbocycles. The molecule has 3 rings (SSSR count). The summed E-state index contributed by atoms with van der Waals surface area (Å²) in [7, 11) is 0. The number of carbonyl (C=O) groups is 1. The molecular weight excluding hydrogens is 379 g/mol. The van der Waals surface area contributed by atoms with Gasteiger partial charge in [0.2, 0.25) is 0 Å². The lowest BCUT2D eigenvalue weighted by atomic mass is 9.92. The van der Waals surface area contributed by atoms with Gasteiger partial charge in [-0.2, -0.15) is 13.2 Å². The molecule has 1 N–H and O–H groups in total. The number of carboxylic acids is 1. The molecule has 2 unspecified atom stereocenters. The van der Waals surface area contributed by atoms with Crippen LogP contribution in [0.4, 0.5) is 13.2 Å². The predicted molar refractivity (Wildman–Crippen MR) is 96.8 cm³/mol. The fraction of sp³-hybridized carbons (Fsp3) is 0.350. The normalized spacial score (nSPS) is 19.2. The van der Waals surface area contributed by atoms with Crippen molar-refractivity contribution in [2.45, 2.75) is 38.0 Å². The Balaban J connectivity index is 2.20. The Bertz CT molecular complexity index is 853. The molecule has 2 aromatic carbocycles. The van der Waals surface area contributed by atoms with E-state index in [4.69, 9.17) is 11.6 Å². The van der Waals surface area contributed by atoms with Gasteiger partial charge in [0, 0.05) is 11.6 Å². The maximum absolute atomic E-state index is 13.3. The van der Waals surface area contributed by atoms with E-state index in [1.165, 1.54) is 6.07 Å². The van der Waals surface area contributed by atoms with Crippen LogP contribution >= 0.6 is 11.6 Å². The van der Waals surface area contributed by atoms with Gasteiger partial charge in [-0.3, -0.25) is 9.69 Å². The summed E-state index contributed by atoms with van der Waals surface area (Å²) >= 11 is 6.31. The molecule has 1 fully saturated rings.